The van der Waals surface area contributed by atoms with Crippen LogP contribution in [0.25, 0.3) is 0 Å². The number of carbonyl (C=O) groups is 1. The van der Waals surface area contributed by atoms with Crippen molar-refractivity contribution in [3.63, 3.8) is 0 Å². The molecule has 6 atom stereocenters. The Morgan fingerprint density at radius 1 is 1.24 bits per heavy atom. The quantitative estimate of drug-likeness (QED) is 0.698. The Bertz CT molecular complexity index is 492. The minimum atomic E-state index is 0.257. The fourth-order valence-electron chi connectivity index (χ4n) is 5.08. The van der Waals surface area contributed by atoms with Gasteiger partial charge in [0.15, 0.2) is 0 Å². The average molecular weight is 368 g/mol. The molecule has 7 heteroatoms. The van der Waals surface area contributed by atoms with Gasteiger partial charge in [-0.1, -0.05) is 19.8 Å². The van der Waals surface area contributed by atoms with Crippen LogP contribution >= 0.6 is 11.8 Å². The number of thioether (sulfide) groups is 1. The third-order valence-electron chi connectivity index (χ3n) is 6.70. The number of nitrogens with zero attached hydrogens (tertiary/aromatic N) is 2. The van der Waals surface area contributed by atoms with Crippen molar-refractivity contribution < 1.29 is 4.79 Å². The summed E-state index contributed by atoms with van der Waals surface area (Å²) in [4.78, 5) is 17.4. The lowest BCUT2D eigenvalue weighted by atomic mass is 9.81. The molecule has 3 heterocycles. The van der Waals surface area contributed by atoms with Gasteiger partial charge < -0.3 is 4.90 Å². The number of rotatable bonds is 4. The molecule has 1 saturated carbocycles. The van der Waals surface area contributed by atoms with Gasteiger partial charge in [-0.2, -0.15) is 0 Å². The molecule has 3 N–H and O–H groups in total. The molecular formula is C18H33N5OS. The van der Waals surface area contributed by atoms with Gasteiger partial charge in [-0.25, -0.2) is 10.9 Å². The van der Waals surface area contributed by atoms with Crippen LogP contribution in [0.15, 0.2) is 0 Å². The minimum Gasteiger partial charge on any atom is -0.327 e. The molecule has 0 aromatic heterocycles. The second kappa shape index (κ2) is 7.72. The first kappa shape index (κ1) is 18.0. The maximum Gasteiger partial charge on any atom is 0.227 e. The van der Waals surface area contributed by atoms with E-state index in [1.807, 2.05) is 11.8 Å². The third kappa shape index (κ3) is 3.72. The van der Waals surface area contributed by atoms with Crippen molar-refractivity contribution in [1.82, 2.24) is 26.0 Å². The monoisotopic (exact) mass is 367 g/mol. The lowest BCUT2D eigenvalue weighted by Gasteiger charge is -2.39. The topological polar surface area (TPSA) is 59.6 Å². The second-order valence-electron chi connectivity index (χ2n) is 8.33. The molecule has 3 saturated heterocycles. The summed E-state index contributed by atoms with van der Waals surface area (Å²) in [6.07, 6.45) is 7.49. The largest absolute Gasteiger partial charge is 0.327 e. The number of hydrogen-bond acceptors (Lipinski definition) is 6. The normalized spacial score (nSPS) is 41.1. The zero-order valence-corrected chi connectivity index (χ0v) is 16.4. The molecular weight excluding hydrogens is 334 g/mol. The highest BCUT2D eigenvalue weighted by Crippen LogP contribution is 2.39. The molecule has 0 radical (unpaired) electrons. The maximum atomic E-state index is 12.9. The zero-order chi connectivity index (χ0) is 17.4. The highest BCUT2D eigenvalue weighted by molar-refractivity contribution is 8.00. The zero-order valence-electron chi connectivity index (χ0n) is 15.5. The van der Waals surface area contributed by atoms with Crippen molar-refractivity contribution in [3.05, 3.63) is 0 Å². The maximum absolute atomic E-state index is 12.9. The summed E-state index contributed by atoms with van der Waals surface area (Å²) in [5.74, 6) is 2.05. The standard InChI is InChI=1S/C18H33N5OS/c1-12(25-18-21-20-11-22(18)2)13-7-8-19-16(9-13)23-10-14-5-3-4-6-15(14)17(23)24/h12-16,18-21H,3-11H2,1-2H3. The molecule has 4 rings (SSSR count). The number of piperidine rings is 1. The van der Waals surface area contributed by atoms with E-state index in [0.717, 1.165) is 32.6 Å². The molecule has 4 aliphatic rings. The van der Waals surface area contributed by atoms with Crippen molar-refractivity contribution in [2.24, 2.45) is 17.8 Å². The Hall–Kier alpha value is -0.340. The van der Waals surface area contributed by atoms with Crippen molar-refractivity contribution in [1.29, 1.82) is 0 Å². The van der Waals surface area contributed by atoms with Crippen LogP contribution in [-0.2, 0) is 4.79 Å². The molecule has 6 nitrogen and oxygen atoms in total. The molecule has 6 unspecified atom stereocenters. The Kier molecular flexibility index (Phi) is 5.57. The van der Waals surface area contributed by atoms with Crippen LogP contribution in [0.4, 0.5) is 0 Å². The van der Waals surface area contributed by atoms with Crippen molar-refractivity contribution in [2.75, 3.05) is 26.8 Å². The van der Waals surface area contributed by atoms with E-state index >= 15 is 0 Å². The third-order valence-corrected chi connectivity index (χ3v) is 8.25. The molecule has 1 aliphatic carbocycles. The predicted molar refractivity (Wildman–Crippen MR) is 101 cm³/mol. The van der Waals surface area contributed by atoms with Crippen LogP contribution in [0, 0.1) is 17.8 Å². The van der Waals surface area contributed by atoms with E-state index in [1.165, 1.54) is 25.7 Å². The number of hydrazine groups is 1. The first-order chi connectivity index (χ1) is 12.1. The smallest absolute Gasteiger partial charge is 0.227 e. The van der Waals surface area contributed by atoms with Gasteiger partial charge in [0.2, 0.25) is 5.91 Å². The van der Waals surface area contributed by atoms with Gasteiger partial charge in [-0.05, 0) is 51.1 Å². The molecule has 4 fully saturated rings. The molecule has 0 aromatic rings. The van der Waals surface area contributed by atoms with Crippen molar-refractivity contribution in [2.45, 2.75) is 62.4 Å². The van der Waals surface area contributed by atoms with Crippen LogP contribution in [0.2, 0.25) is 0 Å². The van der Waals surface area contributed by atoms with Gasteiger partial charge in [0, 0.05) is 17.7 Å². The highest BCUT2D eigenvalue weighted by atomic mass is 32.2. The Labute approximate surface area is 155 Å². The van der Waals surface area contributed by atoms with Gasteiger partial charge in [0.25, 0.3) is 0 Å². The highest BCUT2D eigenvalue weighted by Gasteiger charge is 2.45. The Balaban J connectivity index is 1.35. The number of likely N-dealkylation sites (tertiary alicyclic amines) is 1. The van der Waals surface area contributed by atoms with E-state index in [-0.39, 0.29) is 6.17 Å². The van der Waals surface area contributed by atoms with E-state index in [1.54, 1.807) is 0 Å². The van der Waals surface area contributed by atoms with Crippen LogP contribution in [0.3, 0.4) is 0 Å². The Morgan fingerprint density at radius 2 is 2.08 bits per heavy atom. The number of hydrogen-bond donors (Lipinski definition) is 3. The summed E-state index contributed by atoms with van der Waals surface area (Å²) < 4.78 is 0. The summed E-state index contributed by atoms with van der Waals surface area (Å²) in [6.45, 7) is 5.28. The summed E-state index contributed by atoms with van der Waals surface area (Å²) in [7, 11) is 2.15. The van der Waals surface area contributed by atoms with Crippen molar-refractivity contribution >= 4 is 17.7 Å². The van der Waals surface area contributed by atoms with Crippen LogP contribution in [-0.4, -0.2) is 59.4 Å². The SMILES string of the molecule is CC(SC1NNCN1C)C1CCNC(N2CC3CCCCC3C2=O)C1. The van der Waals surface area contributed by atoms with E-state index in [9.17, 15) is 4.79 Å². The lowest BCUT2D eigenvalue weighted by Crippen LogP contribution is -2.52. The summed E-state index contributed by atoms with van der Waals surface area (Å²) >= 11 is 2.01. The number of fused-ring (bicyclic) bond motifs is 1. The molecule has 0 aromatic carbocycles. The Morgan fingerprint density at radius 3 is 2.84 bits per heavy atom. The van der Waals surface area contributed by atoms with Crippen LogP contribution in [0.1, 0.15) is 45.4 Å². The summed E-state index contributed by atoms with van der Waals surface area (Å²) in [5, 5.41) is 4.23. The van der Waals surface area contributed by atoms with E-state index < -0.39 is 0 Å². The van der Waals surface area contributed by atoms with Gasteiger partial charge in [0.1, 0.15) is 5.50 Å². The molecule has 142 valence electrons. The molecule has 3 aliphatic heterocycles. The lowest BCUT2D eigenvalue weighted by molar-refractivity contribution is -0.134. The van der Waals surface area contributed by atoms with E-state index in [2.05, 4.69) is 39.9 Å². The second-order valence-corrected chi connectivity index (χ2v) is 9.79. The number of amides is 1. The van der Waals surface area contributed by atoms with Gasteiger partial charge >= 0.3 is 0 Å². The predicted octanol–water partition coefficient (Wildman–Crippen LogP) is 1.36. The molecule has 0 spiro atoms. The van der Waals surface area contributed by atoms with Gasteiger partial charge in [-0.15, -0.1) is 11.8 Å². The first-order valence-corrected chi connectivity index (χ1v) is 11.0. The fraction of sp³-hybridized carbons (Fsp3) is 0.944. The average Bonchev–Trinajstić information content (AvgIpc) is 3.19. The minimum absolute atomic E-state index is 0.257. The molecule has 0 bridgehead atoms. The summed E-state index contributed by atoms with van der Waals surface area (Å²) in [5.41, 5.74) is 6.90. The van der Waals surface area contributed by atoms with Crippen LogP contribution < -0.4 is 16.2 Å². The fourth-order valence-corrected chi connectivity index (χ4v) is 6.39. The first-order valence-electron chi connectivity index (χ1n) is 10.0. The van der Waals surface area contributed by atoms with Crippen molar-refractivity contribution in [3.8, 4) is 0 Å². The van der Waals surface area contributed by atoms with Gasteiger partial charge in [0.05, 0.1) is 12.8 Å². The molecule has 25 heavy (non-hydrogen) atoms. The van der Waals surface area contributed by atoms with E-state index in [0.29, 0.717) is 34.4 Å². The number of nitrogens with one attached hydrogen (secondary N) is 3. The van der Waals surface area contributed by atoms with Gasteiger partial charge in [-0.3, -0.25) is 15.0 Å². The summed E-state index contributed by atoms with van der Waals surface area (Å²) in [6, 6.07) is 0. The number of carbonyl (C=O) groups excluding carboxylic acids is 1. The van der Waals surface area contributed by atoms with Crippen LogP contribution in [0.5, 0.6) is 0 Å². The molecule has 1 amide bonds. The van der Waals surface area contributed by atoms with E-state index in [4.69, 9.17) is 0 Å².